The number of hydrogen-bond donors (Lipinski definition) is 5. The number of amidine groups is 1. The fourth-order valence-electron chi connectivity index (χ4n) is 3.83. The number of nitrogens with zero attached hydrogens (tertiary/aromatic N) is 2. The summed E-state index contributed by atoms with van der Waals surface area (Å²) in [4.78, 5) is 24.8. The summed E-state index contributed by atoms with van der Waals surface area (Å²) in [6.45, 7) is 0. The standard InChI is InChI=1S/C25H24N6O5/c1-35-19-12-9-15(13-20(19)36-2)21(28-16-10-7-14(8-11-16)22(26)27)23-29-30-25(34)31(23)18-6-4-3-5-17(18)24(32)33/h3-13,21,28H,1-2H3,(H3,26,27)(H,30,34)(H,32,33). The third-order valence-corrected chi connectivity index (χ3v) is 5.58. The van der Waals surface area contributed by atoms with Crippen LogP contribution in [0.5, 0.6) is 11.5 Å². The smallest absolute Gasteiger partial charge is 0.348 e. The SMILES string of the molecule is COc1ccc(C(Nc2ccc(C(=N)N)cc2)c2n[nH]c(=O)n2-c2ccccc2C(=O)O)cc1OC. The Morgan fingerprint density at radius 1 is 1.08 bits per heavy atom. The highest BCUT2D eigenvalue weighted by molar-refractivity contribution is 5.95. The lowest BCUT2D eigenvalue weighted by Gasteiger charge is -2.22. The molecule has 1 aromatic heterocycles. The summed E-state index contributed by atoms with van der Waals surface area (Å²) >= 11 is 0. The summed E-state index contributed by atoms with van der Waals surface area (Å²) in [5, 5.41) is 27.4. The van der Waals surface area contributed by atoms with E-state index < -0.39 is 17.7 Å². The maximum atomic E-state index is 12.9. The molecule has 0 radical (unpaired) electrons. The van der Waals surface area contributed by atoms with Crippen molar-refractivity contribution in [1.82, 2.24) is 14.8 Å². The van der Waals surface area contributed by atoms with Crippen molar-refractivity contribution in [2.75, 3.05) is 19.5 Å². The van der Waals surface area contributed by atoms with Gasteiger partial charge in [0.05, 0.1) is 25.5 Å². The van der Waals surface area contributed by atoms with Crippen LogP contribution in [0.3, 0.4) is 0 Å². The van der Waals surface area contributed by atoms with Gasteiger partial charge >= 0.3 is 11.7 Å². The number of hydrogen-bond acceptors (Lipinski definition) is 7. The van der Waals surface area contributed by atoms with E-state index in [0.717, 1.165) is 0 Å². The number of carboxylic acid groups (broad SMARTS) is 1. The molecule has 0 aliphatic heterocycles. The van der Waals surface area contributed by atoms with Gasteiger partial charge in [-0.25, -0.2) is 19.3 Å². The Bertz CT molecular complexity index is 1480. The molecule has 1 atom stereocenters. The van der Waals surface area contributed by atoms with E-state index in [9.17, 15) is 14.7 Å². The van der Waals surface area contributed by atoms with Crippen molar-refractivity contribution in [3.05, 3.63) is 99.7 Å². The van der Waals surface area contributed by atoms with Gasteiger partial charge in [0.15, 0.2) is 17.3 Å². The van der Waals surface area contributed by atoms with E-state index >= 15 is 0 Å². The average Bonchev–Trinajstić information content (AvgIpc) is 3.27. The molecule has 184 valence electrons. The summed E-state index contributed by atoms with van der Waals surface area (Å²) in [5.41, 5.74) is 6.94. The van der Waals surface area contributed by atoms with Gasteiger partial charge in [0.2, 0.25) is 0 Å². The number of methoxy groups -OCH3 is 2. The zero-order chi connectivity index (χ0) is 25.8. The fraction of sp³-hybridized carbons (Fsp3) is 0.120. The third kappa shape index (κ3) is 4.62. The third-order valence-electron chi connectivity index (χ3n) is 5.58. The minimum atomic E-state index is -1.18. The maximum Gasteiger partial charge on any atom is 0.348 e. The molecule has 0 fully saturated rings. The topological polar surface area (TPSA) is 168 Å². The number of ether oxygens (including phenoxy) is 2. The number of nitrogens with two attached hydrogens (primary N) is 1. The van der Waals surface area contributed by atoms with Crippen LogP contribution in [0.1, 0.15) is 33.4 Å². The predicted molar refractivity (Wildman–Crippen MR) is 134 cm³/mol. The molecular formula is C25H24N6O5. The van der Waals surface area contributed by atoms with E-state index in [1.54, 1.807) is 54.6 Å². The Morgan fingerprint density at radius 3 is 2.42 bits per heavy atom. The van der Waals surface area contributed by atoms with Crippen LogP contribution in [0.4, 0.5) is 5.69 Å². The van der Waals surface area contributed by atoms with Crippen molar-refractivity contribution < 1.29 is 19.4 Å². The minimum absolute atomic E-state index is 0.0564. The molecule has 0 saturated carbocycles. The molecule has 3 aromatic carbocycles. The number of anilines is 1. The minimum Gasteiger partial charge on any atom is -0.493 e. The normalized spacial score (nSPS) is 11.5. The quantitative estimate of drug-likeness (QED) is 0.177. The molecule has 11 heteroatoms. The maximum absolute atomic E-state index is 12.9. The molecule has 6 N–H and O–H groups in total. The van der Waals surface area contributed by atoms with Crippen molar-refractivity contribution in [3.63, 3.8) is 0 Å². The lowest BCUT2D eigenvalue weighted by molar-refractivity contribution is 0.0697. The molecule has 4 rings (SSSR count). The Hall–Kier alpha value is -5.06. The first-order valence-electron chi connectivity index (χ1n) is 10.8. The van der Waals surface area contributed by atoms with E-state index in [0.29, 0.717) is 28.3 Å². The number of nitrogen functional groups attached to an aromatic ring is 1. The first-order valence-corrected chi connectivity index (χ1v) is 10.8. The lowest BCUT2D eigenvalue weighted by Crippen LogP contribution is -2.24. The molecule has 1 unspecified atom stereocenters. The van der Waals surface area contributed by atoms with Gasteiger partial charge in [0.25, 0.3) is 0 Å². The van der Waals surface area contributed by atoms with Crippen LogP contribution < -0.4 is 26.2 Å². The van der Waals surface area contributed by atoms with Crippen LogP contribution in [0.2, 0.25) is 0 Å². The van der Waals surface area contributed by atoms with Gasteiger partial charge in [-0.1, -0.05) is 18.2 Å². The molecule has 0 bridgehead atoms. The van der Waals surface area contributed by atoms with Gasteiger partial charge in [-0.3, -0.25) is 5.41 Å². The van der Waals surface area contributed by atoms with Crippen molar-refractivity contribution in [2.45, 2.75) is 6.04 Å². The summed E-state index contributed by atoms with van der Waals surface area (Å²) in [6, 6.07) is 17.6. The van der Waals surface area contributed by atoms with Crippen LogP contribution in [0.25, 0.3) is 5.69 Å². The number of benzene rings is 3. The van der Waals surface area contributed by atoms with Crippen LogP contribution in [-0.4, -0.2) is 45.9 Å². The van der Waals surface area contributed by atoms with Crippen LogP contribution >= 0.6 is 0 Å². The molecule has 0 aliphatic carbocycles. The van der Waals surface area contributed by atoms with E-state index in [1.165, 1.54) is 30.9 Å². The second-order valence-electron chi connectivity index (χ2n) is 7.73. The molecular weight excluding hydrogens is 464 g/mol. The molecule has 4 aromatic rings. The number of carbonyl (C=O) groups is 1. The Morgan fingerprint density at radius 2 is 1.78 bits per heavy atom. The zero-order valence-corrected chi connectivity index (χ0v) is 19.5. The van der Waals surface area contributed by atoms with Crippen molar-refractivity contribution >= 4 is 17.5 Å². The predicted octanol–water partition coefficient (Wildman–Crippen LogP) is 2.76. The number of para-hydroxylation sites is 1. The Balaban J connectivity index is 1.90. The fourth-order valence-corrected chi connectivity index (χ4v) is 3.83. The summed E-state index contributed by atoms with van der Waals surface area (Å²) in [5.74, 6) is -0.0494. The monoisotopic (exact) mass is 488 g/mol. The number of aromatic amines is 1. The summed E-state index contributed by atoms with van der Waals surface area (Å²) < 4.78 is 12.0. The van der Waals surface area contributed by atoms with Gasteiger partial charge in [0, 0.05) is 11.3 Å². The van der Waals surface area contributed by atoms with Gasteiger partial charge in [-0.2, -0.15) is 5.10 Å². The average molecular weight is 489 g/mol. The van der Waals surface area contributed by atoms with Gasteiger partial charge in [-0.15, -0.1) is 0 Å². The van der Waals surface area contributed by atoms with Crippen molar-refractivity contribution in [1.29, 1.82) is 5.41 Å². The van der Waals surface area contributed by atoms with Gasteiger partial charge < -0.3 is 25.6 Å². The second kappa shape index (κ2) is 10.1. The van der Waals surface area contributed by atoms with E-state index in [1.807, 2.05) is 0 Å². The first-order chi connectivity index (χ1) is 17.3. The number of nitrogens with one attached hydrogen (secondary N) is 3. The first kappa shape index (κ1) is 24.1. The van der Waals surface area contributed by atoms with Crippen LogP contribution in [0.15, 0.2) is 71.5 Å². The zero-order valence-electron chi connectivity index (χ0n) is 19.5. The molecule has 0 aliphatic rings. The largest absolute Gasteiger partial charge is 0.493 e. The highest BCUT2D eigenvalue weighted by atomic mass is 16.5. The molecule has 36 heavy (non-hydrogen) atoms. The highest BCUT2D eigenvalue weighted by Gasteiger charge is 2.26. The second-order valence-corrected chi connectivity index (χ2v) is 7.73. The lowest BCUT2D eigenvalue weighted by atomic mass is 10.0. The summed E-state index contributed by atoms with van der Waals surface area (Å²) in [6.07, 6.45) is 0. The highest BCUT2D eigenvalue weighted by Crippen LogP contribution is 2.34. The Kier molecular flexibility index (Phi) is 6.72. The number of carboxylic acids is 1. The molecule has 0 spiro atoms. The van der Waals surface area contributed by atoms with E-state index in [2.05, 4.69) is 15.5 Å². The van der Waals surface area contributed by atoms with Crippen LogP contribution in [-0.2, 0) is 0 Å². The molecule has 0 saturated heterocycles. The van der Waals surface area contributed by atoms with E-state index in [4.69, 9.17) is 20.6 Å². The van der Waals surface area contributed by atoms with Gasteiger partial charge in [0.1, 0.15) is 11.9 Å². The number of aromatic nitrogens is 3. The van der Waals surface area contributed by atoms with Crippen LogP contribution in [0, 0.1) is 5.41 Å². The van der Waals surface area contributed by atoms with E-state index in [-0.39, 0.29) is 22.9 Å². The molecule has 1 heterocycles. The van der Waals surface area contributed by atoms with Crippen molar-refractivity contribution in [2.24, 2.45) is 5.73 Å². The summed E-state index contributed by atoms with van der Waals surface area (Å²) in [7, 11) is 3.04. The van der Waals surface area contributed by atoms with Gasteiger partial charge in [-0.05, 0) is 54.1 Å². The number of aromatic carboxylic acids is 1. The van der Waals surface area contributed by atoms with Crippen molar-refractivity contribution in [3.8, 4) is 17.2 Å². The number of H-pyrrole nitrogens is 1. The Labute approximate surface area is 205 Å². The molecule has 0 amide bonds. The molecule has 11 nitrogen and oxygen atoms in total. The number of rotatable bonds is 9.